The lowest BCUT2D eigenvalue weighted by molar-refractivity contribution is 0.458. The molecule has 0 fully saturated rings. The fraction of sp³-hybridized carbons (Fsp3) is 0.467. The molecule has 21 heavy (non-hydrogen) atoms. The van der Waals surface area contributed by atoms with E-state index >= 15 is 0 Å². The first kappa shape index (κ1) is 15.2. The molecule has 2 unspecified atom stereocenters. The fourth-order valence-corrected chi connectivity index (χ4v) is 4.28. The average molecular weight is 414 g/mol. The van der Waals surface area contributed by atoms with Gasteiger partial charge in [0.2, 0.25) is 0 Å². The summed E-state index contributed by atoms with van der Waals surface area (Å²) in [4.78, 5) is 0. The van der Waals surface area contributed by atoms with E-state index < -0.39 is 0 Å². The molecule has 1 aliphatic heterocycles. The number of benzene rings is 1. The number of hydrogen-bond donors (Lipinski definition) is 1. The molecule has 2 atom stereocenters. The molecule has 0 radical (unpaired) electrons. The Morgan fingerprint density at radius 3 is 2.76 bits per heavy atom. The fourth-order valence-electron chi connectivity index (χ4n) is 2.89. The van der Waals surface area contributed by atoms with Crippen LogP contribution in [0, 0.1) is 0 Å². The molecular formula is C15H18Br2N4. The molecule has 0 amide bonds. The molecule has 1 aromatic carbocycles. The molecule has 2 aromatic rings. The number of fused-ring (bicyclic) bond motifs is 1. The minimum atomic E-state index is 0.176. The number of halogens is 2. The van der Waals surface area contributed by atoms with Crippen LogP contribution in [-0.4, -0.2) is 14.8 Å². The normalized spacial score (nSPS) is 16.8. The van der Waals surface area contributed by atoms with Crippen molar-refractivity contribution in [1.82, 2.24) is 20.1 Å². The summed E-state index contributed by atoms with van der Waals surface area (Å²) in [5.41, 5.74) is 1.24. The summed E-state index contributed by atoms with van der Waals surface area (Å²) in [7, 11) is 0. The van der Waals surface area contributed by atoms with Crippen LogP contribution >= 0.6 is 31.9 Å². The molecule has 0 aliphatic carbocycles. The van der Waals surface area contributed by atoms with Gasteiger partial charge in [0.25, 0.3) is 0 Å². The van der Waals surface area contributed by atoms with E-state index in [1.807, 2.05) is 0 Å². The van der Waals surface area contributed by atoms with Gasteiger partial charge in [0, 0.05) is 28.0 Å². The van der Waals surface area contributed by atoms with Gasteiger partial charge in [0.05, 0.1) is 6.04 Å². The molecule has 0 saturated heterocycles. The van der Waals surface area contributed by atoms with E-state index in [2.05, 4.69) is 84.0 Å². The molecular weight excluding hydrogens is 396 g/mol. The molecule has 1 aromatic heterocycles. The van der Waals surface area contributed by atoms with Crippen molar-refractivity contribution in [1.29, 1.82) is 0 Å². The highest BCUT2D eigenvalue weighted by Gasteiger charge is 2.22. The Hall–Kier alpha value is -0.720. The Morgan fingerprint density at radius 2 is 2.00 bits per heavy atom. The highest BCUT2D eigenvalue weighted by atomic mass is 79.9. The summed E-state index contributed by atoms with van der Waals surface area (Å²) < 4.78 is 4.44. The number of aromatic nitrogens is 3. The van der Waals surface area contributed by atoms with Crippen LogP contribution in [0.3, 0.4) is 0 Å². The van der Waals surface area contributed by atoms with Crippen molar-refractivity contribution in [3.05, 3.63) is 44.4 Å². The standard InChI is InChI=1S/C15H18Br2N4/c1-9(12-6-5-11(16)8-13(12)17)18-10(2)15-20-19-14-4-3-7-21(14)15/h5-6,8-10,18H,3-4,7H2,1-2H3. The summed E-state index contributed by atoms with van der Waals surface area (Å²) in [5, 5.41) is 12.3. The molecule has 2 heterocycles. The summed E-state index contributed by atoms with van der Waals surface area (Å²) in [6.45, 7) is 5.37. The van der Waals surface area contributed by atoms with Crippen molar-refractivity contribution < 1.29 is 0 Å². The molecule has 0 spiro atoms. The first-order chi connectivity index (χ1) is 10.1. The van der Waals surface area contributed by atoms with Crippen molar-refractivity contribution in [2.75, 3.05) is 0 Å². The smallest absolute Gasteiger partial charge is 0.149 e. The summed E-state index contributed by atoms with van der Waals surface area (Å²) in [6.07, 6.45) is 2.23. The third-order valence-electron chi connectivity index (χ3n) is 3.95. The van der Waals surface area contributed by atoms with E-state index in [4.69, 9.17) is 0 Å². The van der Waals surface area contributed by atoms with Crippen LogP contribution in [-0.2, 0) is 13.0 Å². The van der Waals surface area contributed by atoms with Crippen molar-refractivity contribution in [2.45, 2.75) is 45.3 Å². The maximum absolute atomic E-state index is 4.35. The largest absolute Gasteiger partial charge is 0.314 e. The van der Waals surface area contributed by atoms with Crippen LogP contribution in [0.25, 0.3) is 0 Å². The van der Waals surface area contributed by atoms with E-state index in [0.717, 1.165) is 33.6 Å². The Labute approximate surface area is 141 Å². The van der Waals surface area contributed by atoms with Crippen LogP contribution in [0.15, 0.2) is 27.1 Å². The van der Waals surface area contributed by atoms with E-state index in [9.17, 15) is 0 Å². The van der Waals surface area contributed by atoms with Gasteiger partial charge in [-0.05, 0) is 38.0 Å². The first-order valence-electron chi connectivity index (χ1n) is 7.19. The number of nitrogens with one attached hydrogen (secondary N) is 1. The molecule has 1 N–H and O–H groups in total. The minimum Gasteiger partial charge on any atom is -0.314 e. The highest BCUT2D eigenvalue weighted by Crippen LogP contribution is 2.28. The Morgan fingerprint density at radius 1 is 1.19 bits per heavy atom. The average Bonchev–Trinajstić information content (AvgIpc) is 3.00. The number of aryl methyl sites for hydroxylation is 1. The topological polar surface area (TPSA) is 42.7 Å². The van der Waals surface area contributed by atoms with Crippen molar-refractivity contribution in [3.8, 4) is 0 Å². The quantitative estimate of drug-likeness (QED) is 0.818. The van der Waals surface area contributed by atoms with Gasteiger partial charge in [-0.3, -0.25) is 0 Å². The predicted octanol–water partition coefficient (Wildman–Crippen LogP) is 4.16. The second-order valence-electron chi connectivity index (χ2n) is 5.51. The van der Waals surface area contributed by atoms with Gasteiger partial charge in [-0.25, -0.2) is 0 Å². The Balaban J connectivity index is 1.76. The molecule has 6 heteroatoms. The van der Waals surface area contributed by atoms with Gasteiger partial charge in [0.15, 0.2) is 0 Å². The molecule has 1 aliphatic rings. The lowest BCUT2D eigenvalue weighted by atomic mass is 10.1. The molecule has 3 rings (SSSR count). The lowest BCUT2D eigenvalue weighted by Crippen LogP contribution is -2.25. The predicted molar refractivity (Wildman–Crippen MR) is 90.2 cm³/mol. The molecule has 112 valence electrons. The zero-order valence-corrected chi connectivity index (χ0v) is 15.3. The SMILES string of the molecule is CC(NC(C)c1nnc2n1CCC2)c1ccc(Br)cc1Br. The maximum atomic E-state index is 4.35. The summed E-state index contributed by atoms with van der Waals surface area (Å²) in [5.74, 6) is 2.17. The van der Waals surface area contributed by atoms with Crippen molar-refractivity contribution in [3.63, 3.8) is 0 Å². The van der Waals surface area contributed by atoms with Gasteiger partial charge in [-0.2, -0.15) is 0 Å². The van der Waals surface area contributed by atoms with Crippen molar-refractivity contribution in [2.24, 2.45) is 0 Å². The third kappa shape index (κ3) is 3.07. The second kappa shape index (κ2) is 6.18. The van der Waals surface area contributed by atoms with Gasteiger partial charge < -0.3 is 9.88 Å². The zero-order valence-electron chi connectivity index (χ0n) is 12.1. The molecule has 4 nitrogen and oxygen atoms in total. The highest BCUT2D eigenvalue weighted by molar-refractivity contribution is 9.11. The van der Waals surface area contributed by atoms with Gasteiger partial charge in [0.1, 0.15) is 11.6 Å². The number of rotatable bonds is 4. The van der Waals surface area contributed by atoms with Gasteiger partial charge in [-0.1, -0.05) is 37.9 Å². The van der Waals surface area contributed by atoms with Gasteiger partial charge in [-0.15, -0.1) is 10.2 Å². The van der Waals surface area contributed by atoms with E-state index in [1.54, 1.807) is 0 Å². The van der Waals surface area contributed by atoms with E-state index in [-0.39, 0.29) is 12.1 Å². The van der Waals surface area contributed by atoms with Crippen LogP contribution in [0.1, 0.15) is 49.6 Å². The Kier molecular flexibility index (Phi) is 4.47. The number of hydrogen-bond acceptors (Lipinski definition) is 3. The summed E-state index contributed by atoms with van der Waals surface area (Å²) >= 11 is 7.12. The van der Waals surface area contributed by atoms with Crippen LogP contribution in [0.2, 0.25) is 0 Å². The summed E-state index contributed by atoms with van der Waals surface area (Å²) in [6, 6.07) is 6.68. The minimum absolute atomic E-state index is 0.176. The van der Waals surface area contributed by atoms with Crippen molar-refractivity contribution >= 4 is 31.9 Å². The first-order valence-corrected chi connectivity index (χ1v) is 8.78. The zero-order chi connectivity index (χ0) is 15.0. The van der Waals surface area contributed by atoms with Gasteiger partial charge >= 0.3 is 0 Å². The lowest BCUT2D eigenvalue weighted by Gasteiger charge is -2.21. The number of nitrogens with zero attached hydrogens (tertiary/aromatic N) is 3. The third-order valence-corrected chi connectivity index (χ3v) is 5.13. The van der Waals surface area contributed by atoms with Crippen LogP contribution < -0.4 is 5.32 Å². The molecule has 0 saturated carbocycles. The Bertz CT molecular complexity index is 653. The van der Waals surface area contributed by atoms with Crippen LogP contribution in [0.4, 0.5) is 0 Å². The van der Waals surface area contributed by atoms with E-state index in [0.29, 0.717) is 0 Å². The maximum Gasteiger partial charge on any atom is 0.149 e. The van der Waals surface area contributed by atoms with Crippen LogP contribution in [0.5, 0.6) is 0 Å². The monoisotopic (exact) mass is 412 g/mol. The molecule has 0 bridgehead atoms. The second-order valence-corrected chi connectivity index (χ2v) is 7.28. The van der Waals surface area contributed by atoms with E-state index in [1.165, 1.54) is 12.0 Å².